The zero-order valence-electron chi connectivity index (χ0n) is 15.2. The first-order chi connectivity index (χ1) is 11.0. The summed E-state index contributed by atoms with van der Waals surface area (Å²) in [5.41, 5.74) is 0. The topological polar surface area (TPSA) is 39.7 Å². The van der Waals surface area contributed by atoms with Crippen LogP contribution in [0.25, 0.3) is 0 Å². The fraction of sp³-hybridized carbons (Fsp3) is 0.722. The van der Waals surface area contributed by atoms with Crippen LogP contribution in [0.4, 0.5) is 0 Å². The molecule has 0 spiro atoms. The molecule has 2 rings (SSSR count). The molecule has 2 atom stereocenters. The van der Waals surface area contributed by atoms with E-state index in [1.807, 2.05) is 11.3 Å². The summed E-state index contributed by atoms with van der Waals surface area (Å²) in [5.74, 6) is 1.59. The molecular formula is C18H32N4S. The van der Waals surface area contributed by atoms with E-state index in [2.05, 4.69) is 62.3 Å². The Morgan fingerprint density at radius 2 is 2.04 bits per heavy atom. The fourth-order valence-corrected chi connectivity index (χ4v) is 3.85. The van der Waals surface area contributed by atoms with Crippen molar-refractivity contribution in [2.24, 2.45) is 10.9 Å². The van der Waals surface area contributed by atoms with E-state index in [4.69, 9.17) is 4.99 Å². The Hall–Kier alpha value is -1.07. The zero-order chi connectivity index (χ0) is 16.8. The number of hydrogen-bond acceptors (Lipinski definition) is 3. The molecule has 2 N–H and O–H groups in total. The molecule has 1 aliphatic heterocycles. The Labute approximate surface area is 145 Å². The molecule has 0 radical (unpaired) electrons. The van der Waals surface area contributed by atoms with Gasteiger partial charge in [0.2, 0.25) is 0 Å². The van der Waals surface area contributed by atoms with Crippen LogP contribution in [0.2, 0.25) is 0 Å². The highest BCUT2D eigenvalue weighted by Gasteiger charge is 2.31. The quantitative estimate of drug-likeness (QED) is 0.619. The highest BCUT2D eigenvalue weighted by molar-refractivity contribution is 7.11. The molecule has 4 nitrogen and oxygen atoms in total. The highest BCUT2D eigenvalue weighted by Crippen LogP contribution is 2.19. The highest BCUT2D eigenvalue weighted by atomic mass is 32.1. The minimum atomic E-state index is 0.477. The van der Waals surface area contributed by atoms with Crippen molar-refractivity contribution in [3.63, 3.8) is 0 Å². The van der Waals surface area contributed by atoms with Gasteiger partial charge in [-0.25, -0.2) is 4.99 Å². The summed E-state index contributed by atoms with van der Waals surface area (Å²) in [6.45, 7) is 15.1. The summed E-state index contributed by atoms with van der Waals surface area (Å²) in [7, 11) is 0. The average Bonchev–Trinajstić information content (AvgIpc) is 3.12. The van der Waals surface area contributed by atoms with Crippen molar-refractivity contribution in [2.45, 2.75) is 59.7 Å². The number of aryl methyl sites for hydroxylation is 1. The number of aliphatic imine (C=N–C) groups is 1. The number of thiophene rings is 1. The maximum atomic E-state index is 4.79. The van der Waals surface area contributed by atoms with E-state index in [0.717, 1.165) is 32.0 Å². The number of nitrogens with one attached hydrogen (secondary N) is 2. The van der Waals surface area contributed by atoms with Crippen LogP contribution in [-0.2, 0) is 13.0 Å². The summed E-state index contributed by atoms with van der Waals surface area (Å²) < 4.78 is 0. The maximum absolute atomic E-state index is 4.79. The summed E-state index contributed by atoms with van der Waals surface area (Å²) in [6, 6.07) is 5.51. The smallest absolute Gasteiger partial charge is 0.191 e. The van der Waals surface area contributed by atoms with Gasteiger partial charge in [0, 0.05) is 41.5 Å². The Kier molecular flexibility index (Phi) is 6.90. The lowest BCUT2D eigenvalue weighted by atomic mass is 10.1. The van der Waals surface area contributed by atoms with Crippen LogP contribution in [0.5, 0.6) is 0 Å². The van der Waals surface area contributed by atoms with E-state index in [1.54, 1.807) is 0 Å². The van der Waals surface area contributed by atoms with Gasteiger partial charge in [-0.2, -0.15) is 0 Å². The zero-order valence-corrected chi connectivity index (χ0v) is 16.0. The second kappa shape index (κ2) is 8.69. The molecule has 0 aliphatic carbocycles. The average molecular weight is 337 g/mol. The van der Waals surface area contributed by atoms with Crippen LogP contribution in [0.3, 0.4) is 0 Å². The number of likely N-dealkylation sites (tertiary alicyclic amines) is 1. The van der Waals surface area contributed by atoms with Gasteiger partial charge in [-0.15, -0.1) is 11.3 Å². The summed E-state index contributed by atoms with van der Waals surface area (Å²) in [4.78, 5) is 10.1. The van der Waals surface area contributed by atoms with Crippen molar-refractivity contribution in [3.8, 4) is 0 Å². The number of nitrogens with zero attached hydrogens (tertiary/aromatic N) is 2. The van der Waals surface area contributed by atoms with Crippen molar-refractivity contribution < 1.29 is 0 Å². The van der Waals surface area contributed by atoms with Crippen LogP contribution < -0.4 is 10.6 Å². The Balaban J connectivity index is 1.96. The normalized spacial score (nSPS) is 22.8. The van der Waals surface area contributed by atoms with Gasteiger partial charge in [0.15, 0.2) is 5.96 Å². The minimum absolute atomic E-state index is 0.477. The largest absolute Gasteiger partial charge is 0.357 e. The van der Waals surface area contributed by atoms with E-state index in [0.29, 0.717) is 18.0 Å². The molecule has 0 bridgehead atoms. The van der Waals surface area contributed by atoms with Crippen molar-refractivity contribution >= 4 is 17.3 Å². The van der Waals surface area contributed by atoms with E-state index >= 15 is 0 Å². The SMILES string of the molecule is CCNC(=NCc1ccc(CC)s1)NC1CN(C(C)C)CC1C. The number of rotatable bonds is 6. The lowest BCUT2D eigenvalue weighted by Crippen LogP contribution is -2.46. The van der Waals surface area contributed by atoms with Crippen LogP contribution in [0, 0.1) is 5.92 Å². The van der Waals surface area contributed by atoms with Gasteiger partial charge in [-0.1, -0.05) is 13.8 Å². The van der Waals surface area contributed by atoms with Crippen LogP contribution in [-0.4, -0.2) is 42.6 Å². The first kappa shape index (κ1) is 18.3. The van der Waals surface area contributed by atoms with Crippen LogP contribution in [0.1, 0.15) is 44.4 Å². The maximum Gasteiger partial charge on any atom is 0.191 e. The molecule has 130 valence electrons. The Bertz CT molecular complexity index is 509. The molecule has 1 saturated heterocycles. The Morgan fingerprint density at radius 3 is 2.61 bits per heavy atom. The standard InChI is InChI=1S/C18H32N4S/c1-6-15-8-9-16(23-15)10-20-18(19-7-2)21-17-12-22(13(3)4)11-14(17)5/h8-9,13-14,17H,6-7,10-12H2,1-5H3,(H2,19,20,21). The molecular weight excluding hydrogens is 304 g/mol. The Morgan fingerprint density at radius 1 is 1.30 bits per heavy atom. The van der Waals surface area contributed by atoms with E-state index in [9.17, 15) is 0 Å². The first-order valence-electron chi connectivity index (χ1n) is 8.89. The fourth-order valence-electron chi connectivity index (χ4n) is 2.96. The van der Waals surface area contributed by atoms with E-state index < -0.39 is 0 Å². The number of guanidine groups is 1. The molecule has 5 heteroatoms. The third-order valence-corrected chi connectivity index (χ3v) is 5.71. The molecule has 0 saturated carbocycles. The van der Waals surface area contributed by atoms with Gasteiger partial charge in [0.25, 0.3) is 0 Å². The summed E-state index contributed by atoms with van der Waals surface area (Å²) in [6.07, 6.45) is 1.11. The monoisotopic (exact) mass is 336 g/mol. The van der Waals surface area contributed by atoms with Gasteiger partial charge < -0.3 is 10.6 Å². The van der Waals surface area contributed by atoms with Gasteiger partial charge in [0.1, 0.15) is 0 Å². The molecule has 23 heavy (non-hydrogen) atoms. The van der Waals surface area contributed by atoms with Crippen molar-refractivity contribution in [1.29, 1.82) is 0 Å². The van der Waals surface area contributed by atoms with Gasteiger partial charge >= 0.3 is 0 Å². The van der Waals surface area contributed by atoms with Crippen molar-refractivity contribution in [3.05, 3.63) is 21.9 Å². The van der Waals surface area contributed by atoms with E-state index in [-0.39, 0.29) is 0 Å². The molecule has 0 amide bonds. The molecule has 2 heterocycles. The molecule has 1 aromatic heterocycles. The van der Waals surface area contributed by atoms with Crippen molar-refractivity contribution in [1.82, 2.24) is 15.5 Å². The number of hydrogen-bond donors (Lipinski definition) is 2. The van der Waals surface area contributed by atoms with E-state index in [1.165, 1.54) is 16.3 Å². The third-order valence-electron chi connectivity index (χ3n) is 4.50. The lowest BCUT2D eigenvalue weighted by molar-refractivity contribution is 0.265. The van der Waals surface area contributed by atoms with Crippen LogP contribution in [0.15, 0.2) is 17.1 Å². The second-order valence-electron chi connectivity index (χ2n) is 6.69. The molecule has 1 aliphatic rings. The summed E-state index contributed by atoms with van der Waals surface area (Å²) >= 11 is 1.87. The first-order valence-corrected chi connectivity index (χ1v) is 9.71. The predicted octanol–water partition coefficient (Wildman–Crippen LogP) is 3.09. The third kappa shape index (κ3) is 5.21. The molecule has 2 unspecified atom stereocenters. The van der Waals surface area contributed by atoms with Crippen LogP contribution >= 0.6 is 11.3 Å². The van der Waals surface area contributed by atoms with Gasteiger partial charge in [-0.05, 0) is 45.2 Å². The van der Waals surface area contributed by atoms with Crippen molar-refractivity contribution in [2.75, 3.05) is 19.6 Å². The second-order valence-corrected chi connectivity index (χ2v) is 7.95. The summed E-state index contributed by atoms with van der Waals surface area (Å²) in [5, 5.41) is 7.03. The van der Waals surface area contributed by atoms with Gasteiger partial charge in [0.05, 0.1) is 6.54 Å². The lowest BCUT2D eigenvalue weighted by Gasteiger charge is -2.21. The predicted molar refractivity (Wildman–Crippen MR) is 101 cm³/mol. The minimum Gasteiger partial charge on any atom is -0.357 e. The molecule has 1 aromatic rings. The van der Waals surface area contributed by atoms with Gasteiger partial charge in [-0.3, -0.25) is 4.90 Å². The molecule has 1 fully saturated rings. The molecule has 0 aromatic carbocycles.